The number of rotatable bonds is 3. The van der Waals surface area contributed by atoms with Gasteiger partial charge in [-0.25, -0.2) is 4.79 Å². The molecule has 0 bridgehead atoms. The molecule has 0 radical (unpaired) electrons. The molecular weight excluding hydrogens is 250 g/mol. The fourth-order valence-electron chi connectivity index (χ4n) is 2.05. The molecule has 1 N–H and O–H groups in total. The van der Waals surface area contributed by atoms with Crippen LogP contribution in [0.4, 0.5) is 5.69 Å². The van der Waals surface area contributed by atoms with E-state index >= 15 is 0 Å². The molecule has 0 spiro atoms. The van der Waals surface area contributed by atoms with Crippen LogP contribution in [0.1, 0.15) is 23.7 Å². The highest BCUT2D eigenvalue weighted by Crippen LogP contribution is 2.30. The van der Waals surface area contributed by atoms with Gasteiger partial charge in [0.05, 0.1) is 12.8 Å². The van der Waals surface area contributed by atoms with Crippen LogP contribution >= 0.6 is 0 Å². The summed E-state index contributed by atoms with van der Waals surface area (Å²) in [5, 5.41) is 8.97. The minimum absolute atomic E-state index is 0.0154. The average molecular weight is 263 g/mol. The normalized spacial score (nSPS) is 18.8. The van der Waals surface area contributed by atoms with E-state index in [1.54, 1.807) is 6.92 Å². The Bertz CT molecular complexity index is 566. The molecule has 6 nitrogen and oxygen atoms in total. The van der Waals surface area contributed by atoms with Crippen LogP contribution < -0.4 is 9.64 Å². The minimum Gasteiger partial charge on any atom is -0.496 e. The zero-order chi connectivity index (χ0) is 14.2. The molecule has 1 aliphatic rings. The molecule has 19 heavy (non-hydrogen) atoms. The van der Waals surface area contributed by atoms with Gasteiger partial charge in [0, 0.05) is 18.4 Å². The summed E-state index contributed by atoms with van der Waals surface area (Å²) in [6, 6.07) is 4.14. The highest BCUT2D eigenvalue weighted by molar-refractivity contribution is 6.21. The van der Waals surface area contributed by atoms with E-state index in [0.29, 0.717) is 5.69 Å². The molecule has 1 saturated heterocycles. The van der Waals surface area contributed by atoms with Gasteiger partial charge >= 0.3 is 5.97 Å². The number of hydrogen-bond donors (Lipinski definition) is 1. The quantitative estimate of drug-likeness (QED) is 0.831. The SMILES string of the molecule is COc1cc(N2C(=O)CC(C)C2=O)ccc1C(=O)O. The predicted molar refractivity (Wildman–Crippen MR) is 66.2 cm³/mol. The van der Waals surface area contributed by atoms with E-state index in [1.807, 2.05) is 0 Å². The molecule has 2 rings (SSSR count). The summed E-state index contributed by atoms with van der Waals surface area (Å²) < 4.78 is 4.97. The Balaban J connectivity index is 2.44. The van der Waals surface area contributed by atoms with Crippen molar-refractivity contribution in [3.8, 4) is 5.75 Å². The smallest absolute Gasteiger partial charge is 0.339 e. The monoisotopic (exact) mass is 263 g/mol. The first-order chi connectivity index (χ1) is 8.95. The maximum atomic E-state index is 11.9. The lowest BCUT2D eigenvalue weighted by atomic mass is 10.1. The van der Waals surface area contributed by atoms with Crippen LogP contribution in [0.25, 0.3) is 0 Å². The summed E-state index contributed by atoms with van der Waals surface area (Å²) in [6.07, 6.45) is 0.168. The third kappa shape index (κ3) is 2.16. The maximum absolute atomic E-state index is 11.9. The van der Waals surface area contributed by atoms with Crippen molar-refractivity contribution in [2.75, 3.05) is 12.0 Å². The lowest BCUT2D eigenvalue weighted by Gasteiger charge is -2.16. The van der Waals surface area contributed by atoms with Crippen molar-refractivity contribution in [3.63, 3.8) is 0 Å². The van der Waals surface area contributed by atoms with Crippen LogP contribution in [-0.2, 0) is 9.59 Å². The van der Waals surface area contributed by atoms with Gasteiger partial charge in [0.15, 0.2) is 0 Å². The molecule has 2 amide bonds. The van der Waals surface area contributed by atoms with Crippen molar-refractivity contribution in [2.45, 2.75) is 13.3 Å². The van der Waals surface area contributed by atoms with E-state index in [0.717, 1.165) is 4.90 Å². The van der Waals surface area contributed by atoms with Crippen LogP contribution in [-0.4, -0.2) is 30.0 Å². The Morgan fingerprint density at radius 1 is 1.42 bits per heavy atom. The van der Waals surface area contributed by atoms with Crippen molar-refractivity contribution in [1.29, 1.82) is 0 Å². The Kier molecular flexibility index (Phi) is 3.25. The Morgan fingerprint density at radius 3 is 2.58 bits per heavy atom. The van der Waals surface area contributed by atoms with Crippen molar-refractivity contribution < 1.29 is 24.2 Å². The molecule has 1 fully saturated rings. The fraction of sp³-hybridized carbons (Fsp3) is 0.308. The standard InChI is InChI=1S/C13H13NO5/c1-7-5-11(15)14(12(7)16)8-3-4-9(13(17)18)10(6-8)19-2/h3-4,6-7H,5H2,1-2H3,(H,17,18). The van der Waals surface area contributed by atoms with Gasteiger partial charge in [-0.2, -0.15) is 0 Å². The number of carbonyl (C=O) groups excluding carboxylic acids is 2. The average Bonchev–Trinajstić information content (AvgIpc) is 2.62. The van der Waals surface area contributed by atoms with Gasteiger partial charge in [-0.05, 0) is 12.1 Å². The molecule has 0 aliphatic carbocycles. The number of benzene rings is 1. The summed E-state index contributed by atoms with van der Waals surface area (Å²) in [4.78, 5) is 35.7. The molecule has 100 valence electrons. The first-order valence-electron chi connectivity index (χ1n) is 5.74. The van der Waals surface area contributed by atoms with Crippen LogP contribution in [0.3, 0.4) is 0 Å². The number of hydrogen-bond acceptors (Lipinski definition) is 4. The molecule has 1 aliphatic heterocycles. The van der Waals surface area contributed by atoms with Crippen LogP contribution in [0.5, 0.6) is 5.75 Å². The number of nitrogens with zero attached hydrogens (tertiary/aromatic N) is 1. The van der Waals surface area contributed by atoms with E-state index in [4.69, 9.17) is 9.84 Å². The van der Waals surface area contributed by atoms with E-state index in [2.05, 4.69) is 0 Å². The fourth-order valence-corrected chi connectivity index (χ4v) is 2.05. The van der Waals surface area contributed by atoms with Gasteiger partial charge in [-0.15, -0.1) is 0 Å². The highest BCUT2D eigenvalue weighted by Gasteiger charge is 2.37. The molecule has 1 aromatic carbocycles. The molecule has 0 aromatic heterocycles. The third-order valence-electron chi connectivity index (χ3n) is 3.05. The summed E-state index contributed by atoms with van der Waals surface area (Å²) in [7, 11) is 1.34. The van der Waals surface area contributed by atoms with E-state index in [1.165, 1.54) is 25.3 Å². The second-order valence-electron chi connectivity index (χ2n) is 4.36. The van der Waals surface area contributed by atoms with Crippen molar-refractivity contribution >= 4 is 23.5 Å². The number of aromatic carboxylic acids is 1. The number of ether oxygens (including phenoxy) is 1. The van der Waals surface area contributed by atoms with Crippen molar-refractivity contribution in [3.05, 3.63) is 23.8 Å². The summed E-state index contributed by atoms with van der Waals surface area (Å²) in [6.45, 7) is 1.68. The van der Waals surface area contributed by atoms with Gasteiger partial charge in [0.25, 0.3) is 0 Å². The topological polar surface area (TPSA) is 83.9 Å². The number of anilines is 1. The van der Waals surface area contributed by atoms with Crippen LogP contribution in [0.15, 0.2) is 18.2 Å². The third-order valence-corrected chi connectivity index (χ3v) is 3.05. The summed E-state index contributed by atoms with van der Waals surface area (Å²) >= 11 is 0. The highest BCUT2D eigenvalue weighted by atomic mass is 16.5. The minimum atomic E-state index is -1.13. The molecule has 1 unspecified atom stereocenters. The zero-order valence-corrected chi connectivity index (χ0v) is 10.5. The van der Waals surface area contributed by atoms with Crippen molar-refractivity contribution in [2.24, 2.45) is 5.92 Å². The lowest BCUT2D eigenvalue weighted by Crippen LogP contribution is -2.30. The first-order valence-corrected chi connectivity index (χ1v) is 5.74. The van der Waals surface area contributed by atoms with E-state index in [-0.39, 0.29) is 35.5 Å². The zero-order valence-electron chi connectivity index (χ0n) is 10.5. The van der Waals surface area contributed by atoms with Gasteiger partial charge in [-0.1, -0.05) is 6.92 Å². The molecule has 1 aromatic rings. The summed E-state index contributed by atoms with van der Waals surface area (Å²) in [5.41, 5.74) is 0.319. The number of methoxy groups -OCH3 is 1. The predicted octanol–water partition coefficient (Wildman–Crippen LogP) is 1.29. The van der Waals surface area contributed by atoms with Gasteiger partial charge in [0.2, 0.25) is 11.8 Å². The molecule has 6 heteroatoms. The molecule has 1 heterocycles. The van der Waals surface area contributed by atoms with Gasteiger partial charge in [0.1, 0.15) is 11.3 Å². The number of imide groups is 1. The van der Waals surface area contributed by atoms with E-state index in [9.17, 15) is 14.4 Å². The van der Waals surface area contributed by atoms with Gasteiger partial charge < -0.3 is 9.84 Å². The largest absolute Gasteiger partial charge is 0.496 e. The number of carboxylic acids is 1. The Labute approximate surface area is 109 Å². The van der Waals surface area contributed by atoms with Gasteiger partial charge in [-0.3, -0.25) is 14.5 Å². The van der Waals surface area contributed by atoms with Crippen molar-refractivity contribution in [1.82, 2.24) is 0 Å². The number of carboxylic acid groups (broad SMARTS) is 1. The lowest BCUT2D eigenvalue weighted by molar-refractivity contribution is -0.122. The Morgan fingerprint density at radius 2 is 2.11 bits per heavy atom. The maximum Gasteiger partial charge on any atom is 0.339 e. The Hall–Kier alpha value is -2.37. The second-order valence-corrected chi connectivity index (χ2v) is 4.36. The van der Waals surface area contributed by atoms with Crippen LogP contribution in [0.2, 0.25) is 0 Å². The number of amides is 2. The molecule has 1 atom stereocenters. The first kappa shape index (κ1) is 13.1. The molecule has 0 saturated carbocycles. The molecular formula is C13H13NO5. The second kappa shape index (κ2) is 4.72. The van der Waals surface area contributed by atoms with Crippen LogP contribution in [0, 0.1) is 5.92 Å². The summed E-state index contributed by atoms with van der Waals surface area (Å²) in [5.74, 6) is -1.93. The number of carbonyl (C=O) groups is 3. The van der Waals surface area contributed by atoms with E-state index < -0.39 is 5.97 Å².